The molecular weight excluding hydrogens is 344 g/mol. The van der Waals surface area contributed by atoms with Crippen LogP contribution in [-0.2, 0) is 11.3 Å². The van der Waals surface area contributed by atoms with E-state index in [0.717, 1.165) is 11.3 Å². The number of esters is 1. The Bertz CT molecular complexity index is 924. The van der Waals surface area contributed by atoms with Crippen LogP contribution in [-0.4, -0.2) is 22.5 Å². The Morgan fingerprint density at radius 1 is 1.24 bits per heavy atom. The van der Waals surface area contributed by atoms with Crippen molar-refractivity contribution in [3.05, 3.63) is 71.0 Å². The number of rotatable bonds is 4. The Morgan fingerprint density at radius 2 is 2.08 bits per heavy atom. The van der Waals surface area contributed by atoms with Gasteiger partial charge in [0.15, 0.2) is 11.5 Å². The fraction of sp³-hybridized carbons (Fsp3) is 0.111. The molecule has 0 spiro atoms. The van der Waals surface area contributed by atoms with Gasteiger partial charge in [0.1, 0.15) is 6.61 Å². The molecular formula is C18H13ClN2O4. The van der Waals surface area contributed by atoms with Crippen molar-refractivity contribution >= 4 is 17.6 Å². The van der Waals surface area contributed by atoms with E-state index in [2.05, 4.69) is 5.10 Å². The number of carbonyl (C=O) groups excluding carboxylic acids is 1. The molecule has 0 amide bonds. The molecule has 2 aromatic carbocycles. The van der Waals surface area contributed by atoms with E-state index in [-0.39, 0.29) is 13.4 Å². The number of aromatic nitrogens is 2. The first-order valence-electron chi connectivity index (χ1n) is 7.56. The van der Waals surface area contributed by atoms with Gasteiger partial charge >= 0.3 is 5.97 Å². The summed E-state index contributed by atoms with van der Waals surface area (Å²) in [4.78, 5) is 12.2. The largest absolute Gasteiger partial charge is 0.457 e. The summed E-state index contributed by atoms with van der Waals surface area (Å²) in [5, 5.41) is 4.61. The standard InChI is InChI=1S/C18H13ClN2O4/c19-15-6-12(7-16-17(15)25-11-24-16)10-23-18(22)13-8-20-21(9-13)14-4-2-1-3-5-14/h1-9H,10-11H2. The number of halogens is 1. The lowest BCUT2D eigenvalue weighted by atomic mass is 10.2. The number of nitrogens with zero attached hydrogens (tertiary/aromatic N) is 2. The van der Waals surface area contributed by atoms with Crippen LogP contribution < -0.4 is 9.47 Å². The number of para-hydroxylation sites is 1. The summed E-state index contributed by atoms with van der Waals surface area (Å²) in [5.41, 5.74) is 1.96. The van der Waals surface area contributed by atoms with Crippen LogP contribution in [0.25, 0.3) is 5.69 Å². The molecule has 25 heavy (non-hydrogen) atoms. The molecule has 0 fully saturated rings. The minimum atomic E-state index is -0.462. The number of ether oxygens (including phenoxy) is 3. The van der Waals surface area contributed by atoms with Crippen molar-refractivity contribution in [2.75, 3.05) is 6.79 Å². The molecule has 0 aliphatic carbocycles. The maximum atomic E-state index is 12.2. The number of fused-ring (bicyclic) bond motifs is 1. The van der Waals surface area contributed by atoms with Crippen molar-refractivity contribution in [2.45, 2.75) is 6.61 Å². The van der Waals surface area contributed by atoms with Gasteiger partial charge in [-0.2, -0.15) is 5.10 Å². The van der Waals surface area contributed by atoms with E-state index in [4.69, 9.17) is 25.8 Å². The summed E-state index contributed by atoms with van der Waals surface area (Å²) in [6, 6.07) is 13.0. The van der Waals surface area contributed by atoms with Crippen LogP contribution in [0.15, 0.2) is 54.9 Å². The van der Waals surface area contributed by atoms with Gasteiger partial charge in [-0.15, -0.1) is 0 Å². The first-order chi connectivity index (χ1) is 12.2. The summed E-state index contributed by atoms with van der Waals surface area (Å²) in [5.74, 6) is 0.604. The highest BCUT2D eigenvalue weighted by Crippen LogP contribution is 2.39. The fourth-order valence-corrected chi connectivity index (χ4v) is 2.77. The highest BCUT2D eigenvalue weighted by atomic mass is 35.5. The number of hydrogen-bond donors (Lipinski definition) is 0. The molecule has 0 N–H and O–H groups in total. The molecule has 1 aliphatic rings. The summed E-state index contributed by atoms with van der Waals surface area (Å²) in [6.07, 6.45) is 3.10. The Hall–Kier alpha value is -2.99. The molecule has 0 atom stereocenters. The van der Waals surface area contributed by atoms with Crippen LogP contribution in [0.5, 0.6) is 11.5 Å². The first kappa shape index (κ1) is 15.5. The minimum absolute atomic E-state index is 0.0751. The highest BCUT2D eigenvalue weighted by Gasteiger charge is 2.19. The Balaban J connectivity index is 1.45. The van der Waals surface area contributed by atoms with Crippen molar-refractivity contribution in [3.8, 4) is 17.2 Å². The zero-order chi connectivity index (χ0) is 17.2. The normalized spacial score (nSPS) is 12.2. The van der Waals surface area contributed by atoms with Crippen LogP contribution >= 0.6 is 11.6 Å². The maximum Gasteiger partial charge on any atom is 0.341 e. The van der Waals surface area contributed by atoms with Crippen molar-refractivity contribution in [1.29, 1.82) is 0 Å². The average molecular weight is 357 g/mol. The van der Waals surface area contributed by atoms with E-state index in [9.17, 15) is 4.79 Å². The third-order valence-corrected chi connectivity index (χ3v) is 3.98. The third-order valence-electron chi connectivity index (χ3n) is 3.70. The lowest BCUT2D eigenvalue weighted by molar-refractivity contribution is 0.0472. The Labute approximate surface area is 148 Å². The third kappa shape index (κ3) is 3.16. The minimum Gasteiger partial charge on any atom is -0.457 e. The van der Waals surface area contributed by atoms with Crippen LogP contribution in [0.4, 0.5) is 0 Å². The van der Waals surface area contributed by atoms with Crippen molar-refractivity contribution in [1.82, 2.24) is 9.78 Å². The van der Waals surface area contributed by atoms with E-state index in [1.54, 1.807) is 23.0 Å². The zero-order valence-corrected chi connectivity index (χ0v) is 13.8. The molecule has 1 aliphatic heterocycles. The molecule has 0 unspecified atom stereocenters. The van der Waals surface area contributed by atoms with Crippen LogP contribution in [0.3, 0.4) is 0 Å². The van der Waals surface area contributed by atoms with Crippen LogP contribution in [0, 0.1) is 0 Å². The summed E-state index contributed by atoms with van der Waals surface area (Å²) in [6.45, 7) is 0.211. The van der Waals surface area contributed by atoms with Gasteiger partial charge < -0.3 is 14.2 Å². The quantitative estimate of drug-likeness (QED) is 0.668. The Morgan fingerprint density at radius 3 is 2.92 bits per heavy atom. The molecule has 6 nitrogen and oxygen atoms in total. The van der Waals surface area contributed by atoms with Gasteiger partial charge in [-0.05, 0) is 29.8 Å². The van der Waals surface area contributed by atoms with Crippen molar-refractivity contribution < 1.29 is 19.0 Å². The second-order valence-electron chi connectivity index (χ2n) is 5.40. The van der Waals surface area contributed by atoms with E-state index in [0.29, 0.717) is 22.1 Å². The monoisotopic (exact) mass is 356 g/mol. The van der Waals surface area contributed by atoms with Gasteiger partial charge in [0.25, 0.3) is 0 Å². The second-order valence-corrected chi connectivity index (χ2v) is 5.80. The Kier molecular flexibility index (Phi) is 4.03. The summed E-state index contributed by atoms with van der Waals surface area (Å²) in [7, 11) is 0. The molecule has 3 aromatic rings. The molecule has 0 saturated heterocycles. The number of benzene rings is 2. The molecule has 126 valence electrons. The molecule has 2 heterocycles. The SMILES string of the molecule is O=C(OCc1cc(Cl)c2c(c1)OCO2)c1cnn(-c2ccccc2)c1. The first-order valence-corrected chi connectivity index (χ1v) is 7.94. The molecule has 7 heteroatoms. The maximum absolute atomic E-state index is 12.2. The van der Waals surface area contributed by atoms with Gasteiger partial charge in [0, 0.05) is 6.20 Å². The molecule has 4 rings (SSSR count). The zero-order valence-electron chi connectivity index (χ0n) is 13.0. The van der Waals surface area contributed by atoms with Gasteiger partial charge in [-0.25, -0.2) is 9.48 Å². The van der Waals surface area contributed by atoms with Crippen molar-refractivity contribution in [3.63, 3.8) is 0 Å². The predicted octanol–water partition coefficient (Wildman–Crippen LogP) is 3.61. The van der Waals surface area contributed by atoms with Crippen LogP contribution in [0.1, 0.15) is 15.9 Å². The highest BCUT2D eigenvalue weighted by molar-refractivity contribution is 6.32. The predicted molar refractivity (Wildman–Crippen MR) is 90.3 cm³/mol. The topological polar surface area (TPSA) is 62.6 Å². The van der Waals surface area contributed by atoms with Gasteiger partial charge in [0.2, 0.25) is 6.79 Å². The van der Waals surface area contributed by atoms with Gasteiger partial charge in [-0.1, -0.05) is 29.8 Å². The second kappa shape index (κ2) is 6.49. The number of carbonyl (C=O) groups is 1. The summed E-state index contributed by atoms with van der Waals surface area (Å²) >= 11 is 6.12. The van der Waals surface area contributed by atoms with E-state index in [1.165, 1.54) is 6.20 Å². The van der Waals surface area contributed by atoms with Crippen molar-refractivity contribution in [2.24, 2.45) is 0 Å². The lowest BCUT2D eigenvalue weighted by Gasteiger charge is -2.06. The fourth-order valence-electron chi connectivity index (χ4n) is 2.49. The van der Waals surface area contributed by atoms with Gasteiger partial charge in [0.05, 0.1) is 22.5 Å². The van der Waals surface area contributed by atoms with E-state index < -0.39 is 5.97 Å². The molecule has 0 bridgehead atoms. The molecule has 0 radical (unpaired) electrons. The van der Waals surface area contributed by atoms with E-state index in [1.807, 2.05) is 30.3 Å². The smallest absolute Gasteiger partial charge is 0.341 e. The molecule has 0 saturated carbocycles. The molecule has 1 aromatic heterocycles. The summed E-state index contributed by atoms with van der Waals surface area (Å²) < 4.78 is 17.5. The van der Waals surface area contributed by atoms with Crippen LogP contribution in [0.2, 0.25) is 5.02 Å². The number of hydrogen-bond acceptors (Lipinski definition) is 5. The van der Waals surface area contributed by atoms with Gasteiger partial charge in [-0.3, -0.25) is 0 Å². The average Bonchev–Trinajstić information content (AvgIpc) is 3.30. The van der Waals surface area contributed by atoms with E-state index >= 15 is 0 Å². The lowest BCUT2D eigenvalue weighted by Crippen LogP contribution is -2.04.